The maximum atomic E-state index is 12.8. The fourth-order valence-electron chi connectivity index (χ4n) is 4.25. The lowest BCUT2D eigenvalue weighted by molar-refractivity contribution is -0.133. The molecule has 166 valence electrons. The molecule has 3 rings (SSSR count). The number of carbonyl (C=O) groups is 1. The maximum Gasteiger partial charge on any atom is 0.222 e. The molecule has 1 saturated heterocycles. The molecule has 1 atom stereocenters. The lowest BCUT2D eigenvalue weighted by Gasteiger charge is -2.37. The lowest BCUT2D eigenvalue weighted by atomic mass is 10.0. The summed E-state index contributed by atoms with van der Waals surface area (Å²) < 4.78 is 3.08. The van der Waals surface area contributed by atoms with Crippen LogP contribution in [0.5, 0.6) is 0 Å². The summed E-state index contributed by atoms with van der Waals surface area (Å²) in [6, 6.07) is 10.1. The van der Waals surface area contributed by atoms with E-state index in [-0.39, 0.29) is 11.9 Å². The van der Waals surface area contributed by atoms with Gasteiger partial charge in [0.1, 0.15) is 6.04 Å². The molecule has 1 aromatic heterocycles. The zero-order valence-corrected chi connectivity index (χ0v) is 20.5. The van der Waals surface area contributed by atoms with E-state index in [0.717, 1.165) is 28.7 Å². The molecule has 6 nitrogen and oxygen atoms in total. The molecule has 1 fully saturated rings. The molecule has 0 saturated carbocycles. The Kier molecular flexibility index (Phi) is 7.90. The quantitative estimate of drug-likeness (QED) is 0.587. The molecule has 1 aliphatic rings. The van der Waals surface area contributed by atoms with Crippen molar-refractivity contribution in [2.45, 2.75) is 53.1 Å². The topological polar surface area (TPSA) is 65.2 Å². The number of amides is 1. The van der Waals surface area contributed by atoms with Crippen molar-refractivity contribution in [3.05, 3.63) is 51.3 Å². The van der Waals surface area contributed by atoms with Gasteiger partial charge in [0.2, 0.25) is 5.91 Å². The molecule has 0 N–H and O–H groups in total. The van der Waals surface area contributed by atoms with Gasteiger partial charge in [-0.05, 0) is 49.4 Å². The van der Waals surface area contributed by atoms with Gasteiger partial charge in [0, 0.05) is 49.3 Å². The van der Waals surface area contributed by atoms with Crippen LogP contribution in [0.25, 0.3) is 0 Å². The van der Waals surface area contributed by atoms with E-state index in [4.69, 9.17) is 0 Å². The van der Waals surface area contributed by atoms with E-state index in [1.54, 1.807) is 0 Å². The fraction of sp³-hybridized carbons (Fsp3) is 0.542. The number of aryl methyl sites for hydroxylation is 1. The highest BCUT2D eigenvalue weighted by Crippen LogP contribution is 2.24. The van der Waals surface area contributed by atoms with Gasteiger partial charge in [0.05, 0.1) is 11.8 Å². The smallest absolute Gasteiger partial charge is 0.222 e. The summed E-state index contributed by atoms with van der Waals surface area (Å²) in [5.41, 5.74) is 4.40. The number of rotatable bonds is 7. The van der Waals surface area contributed by atoms with Gasteiger partial charge >= 0.3 is 0 Å². The van der Waals surface area contributed by atoms with E-state index >= 15 is 0 Å². The van der Waals surface area contributed by atoms with Crippen LogP contribution in [0.3, 0.4) is 0 Å². The molecular formula is C24H32BrN5O. The van der Waals surface area contributed by atoms with Crippen molar-refractivity contribution in [3.63, 3.8) is 0 Å². The first-order valence-electron chi connectivity index (χ1n) is 11.0. The molecule has 1 amide bonds. The van der Waals surface area contributed by atoms with Crippen LogP contribution >= 0.6 is 15.9 Å². The van der Waals surface area contributed by atoms with Gasteiger partial charge in [-0.25, -0.2) is 0 Å². The third kappa shape index (κ3) is 5.75. The van der Waals surface area contributed by atoms with E-state index in [2.05, 4.69) is 57.5 Å². The molecule has 2 aromatic rings. The predicted molar refractivity (Wildman–Crippen MR) is 126 cm³/mol. The second-order valence-corrected chi connectivity index (χ2v) is 9.64. The van der Waals surface area contributed by atoms with Crippen LogP contribution in [0.2, 0.25) is 0 Å². The van der Waals surface area contributed by atoms with Crippen molar-refractivity contribution < 1.29 is 4.79 Å². The molecule has 0 aliphatic carbocycles. The number of nitriles is 1. The van der Waals surface area contributed by atoms with Gasteiger partial charge in [0.15, 0.2) is 0 Å². The zero-order valence-electron chi connectivity index (χ0n) is 18.9. The SMILES string of the molecule is Cc1nn(CC(C)C)c(C)c1CCC(=O)N1CCN(C(C#N)c2ccc(Br)cc2)CC1. The second-order valence-electron chi connectivity index (χ2n) is 8.73. The van der Waals surface area contributed by atoms with Gasteiger partial charge in [-0.15, -0.1) is 0 Å². The third-order valence-corrected chi connectivity index (χ3v) is 6.53. The molecule has 1 unspecified atom stereocenters. The second kappa shape index (κ2) is 10.4. The molecule has 31 heavy (non-hydrogen) atoms. The monoisotopic (exact) mass is 485 g/mol. The summed E-state index contributed by atoms with van der Waals surface area (Å²) in [4.78, 5) is 16.9. The molecule has 7 heteroatoms. The molecule has 1 aliphatic heterocycles. The van der Waals surface area contributed by atoms with Gasteiger partial charge < -0.3 is 4.90 Å². The molecular weight excluding hydrogens is 454 g/mol. The summed E-state index contributed by atoms with van der Waals surface area (Å²) in [5, 5.41) is 14.4. The van der Waals surface area contributed by atoms with E-state index in [9.17, 15) is 10.1 Å². The number of benzene rings is 1. The van der Waals surface area contributed by atoms with Crippen molar-refractivity contribution >= 4 is 21.8 Å². The number of halogens is 1. The Morgan fingerprint density at radius 3 is 2.39 bits per heavy atom. The number of nitrogens with zero attached hydrogens (tertiary/aromatic N) is 5. The Balaban J connectivity index is 1.54. The molecule has 2 heterocycles. The van der Waals surface area contributed by atoms with Crippen LogP contribution in [0.15, 0.2) is 28.7 Å². The summed E-state index contributed by atoms with van der Waals surface area (Å²) in [6.45, 7) is 12.2. The summed E-state index contributed by atoms with van der Waals surface area (Å²) in [6.07, 6.45) is 1.23. The first-order chi connectivity index (χ1) is 14.8. The van der Waals surface area contributed by atoms with Crippen LogP contribution in [0.4, 0.5) is 0 Å². The third-order valence-electron chi connectivity index (χ3n) is 6.00. The first-order valence-corrected chi connectivity index (χ1v) is 11.8. The van der Waals surface area contributed by atoms with Gasteiger partial charge in [-0.2, -0.15) is 10.4 Å². The molecule has 1 aromatic carbocycles. The van der Waals surface area contributed by atoms with E-state index in [1.165, 1.54) is 11.3 Å². The van der Waals surface area contributed by atoms with Crippen LogP contribution in [-0.4, -0.2) is 51.7 Å². The first kappa shape index (κ1) is 23.5. The highest BCUT2D eigenvalue weighted by molar-refractivity contribution is 9.10. The fourth-order valence-corrected chi connectivity index (χ4v) is 4.52. The largest absolute Gasteiger partial charge is 0.340 e. The van der Waals surface area contributed by atoms with Crippen LogP contribution in [-0.2, 0) is 17.8 Å². The Morgan fingerprint density at radius 1 is 1.16 bits per heavy atom. The van der Waals surface area contributed by atoms with Crippen LogP contribution in [0, 0.1) is 31.1 Å². The lowest BCUT2D eigenvalue weighted by Crippen LogP contribution is -2.49. The van der Waals surface area contributed by atoms with Crippen molar-refractivity contribution in [3.8, 4) is 6.07 Å². The van der Waals surface area contributed by atoms with Crippen molar-refractivity contribution in [2.75, 3.05) is 26.2 Å². The molecule has 0 bridgehead atoms. The summed E-state index contributed by atoms with van der Waals surface area (Å²) >= 11 is 3.44. The number of piperazine rings is 1. The van der Waals surface area contributed by atoms with Gasteiger partial charge in [0.25, 0.3) is 0 Å². The van der Waals surface area contributed by atoms with Crippen LogP contribution in [0.1, 0.15) is 48.8 Å². The Bertz CT molecular complexity index is 936. The van der Waals surface area contributed by atoms with Crippen molar-refractivity contribution in [1.82, 2.24) is 19.6 Å². The molecule has 0 spiro atoms. The number of hydrogen-bond acceptors (Lipinski definition) is 4. The highest BCUT2D eigenvalue weighted by atomic mass is 79.9. The normalized spacial score (nSPS) is 15.8. The minimum Gasteiger partial charge on any atom is -0.340 e. The summed E-state index contributed by atoms with van der Waals surface area (Å²) in [7, 11) is 0. The standard InChI is InChI=1S/C24H32BrN5O/c1-17(2)16-30-19(4)22(18(3)27-30)9-10-24(31)29-13-11-28(12-14-29)23(15-26)20-5-7-21(25)8-6-20/h5-8,17,23H,9-14,16H2,1-4H3. The average Bonchev–Trinajstić information content (AvgIpc) is 3.00. The van der Waals surface area contributed by atoms with E-state index in [1.807, 2.05) is 36.1 Å². The number of aromatic nitrogens is 2. The Hall–Kier alpha value is -2.17. The predicted octanol–water partition coefficient (Wildman–Crippen LogP) is 4.26. The zero-order chi connectivity index (χ0) is 22.5. The van der Waals surface area contributed by atoms with Gasteiger partial charge in [-0.3, -0.25) is 14.4 Å². The number of hydrogen-bond donors (Lipinski definition) is 0. The number of carbonyl (C=O) groups excluding carboxylic acids is 1. The highest BCUT2D eigenvalue weighted by Gasteiger charge is 2.27. The molecule has 0 radical (unpaired) electrons. The van der Waals surface area contributed by atoms with Crippen LogP contribution < -0.4 is 0 Å². The maximum absolute atomic E-state index is 12.8. The minimum absolute atomic E-state index is 0.187. The minimum atomic E-state index is -0.276. The van der Waals surface area contributed by atoms with E-state index in [0.29, 0.717) is 38.5 Å². The Labute approximate surface area is 194 Å². The summed E-state index contributed by atoms with van der Waals surface area (Å²) in [5.74, 6) is 0.727. The van der Waals surface area contributed by atoms with Gasteiger partial charge in [-0.1, -0.05) is 41.9 Å². The van der Waals surface area contributed by atoms with Crippen molar-refractivity contribution in [2.24, 2.45) is 5.92 Å². The van der Waals surface area contributed by atoms with Crippen molar-refractivity contribution in [1.29, 1.82) is 5.26 Å². The Morgan fingerprint density at radius 2 is 1.81 bits per heavy atom. The average molecular weight is 486 g/mol. The van der Waals surface area contributed by atoms with E-state index < -0.39 is 0 Å².